The second kappa shape index (κ2) is 6.32. The van der Waals surface area contributed by atoms with Gasteiger partial charge in [0, 0.05) is 18.5 Å². The molecule has 106 valence electrons. The first-order chi connectivity index (χ1) is 9.63. The van der Waals surface area contributed by atoms with Crippen LogP contribution in [0.5, 0.6) is 0 Å². The van der Waals surface area contributed by atoms with Gasteiger partial charge in [-0.25, -0.2) is 4.79 Å². The Bertz CT molecular complexity index is 513. The van der Waals surface area contributed by atoms with Gasteiger partial charge in [0.2, 0.25) is 0 Å². The summed E-state index contributed by atoms with van der Waals surface area (Å²) in [6.07, 6.45) is 1.61. The number of carbonyl (C=O) groups is 3. The molecule has 3 amide bonds. The van der Waals surface area contributed by atoms with Crippen LogP contribution in [0.25, 0.3) is 0 Å². The Morgan fingerprint density at radius 1 is 1.25 bits per heavy atom. The lowest BCUT2D eigenvalue weighted by Crippen LogP contribution is -2.33. The molecule has 0 aromatic heterocycles. The maximum Gasteiger partial charge on any atom is 0.324 e. The van der Waals surface area contributed by atoms with Gasteiger partial charge in [-0.15, -0.1) is 0 Å². The number of nitrogens with one attached hydrogen (secondary N) is 1. The van der Waals surface area contributed by atoms with Crippen molar-refractivity contribution in [3.63, 3.8) is 0 Å². The predicted octanol–water partition coefficient (Wildman–Crippen LogP) is 1.98. The summed E-state index contributed by atoms with van der Waals surface area (Å²) < 4.78 is 0. The van der Waals surface area contributed by atoms with E-state index in [9.17, 15) is 14.4 Å². The molecule has 1 unspecified atom stereocenters. The Labute approximate surface area is 118 Å². The molecule has 1 aromatic carbocycles. The summed E-state index contributed by atoms with van der Waals surface area (Å²) in [5, 5.41) is 2.64. The van der Waals surface area contributed by atoms with E-state index in [1.807, 2.05) is 13.0 Å². The average Bonchev–Trinajstić information content (AvgIpc) is 2.72. The van der Waals surface area contributed by atoms with Crippen molar-refractivity contribution in [2.45, 2.75) is 32.2 Å². The van der Waals surface area contributed by atoms with E-state index >= 15 is 0 Å². The molecule has 1 N–H and O–H groups in total. The van der Waals surface area contributed by atoms with Gasteiger partial charge in [-0.2, -0.15) is 0 Å². The summed E-state index contributed by atoms with van der Waals surface area (Å²) in [6, 6.07) is 8.05. The quantitative estimate of drug-likeness (QED) is 0.637. The summed E-state index contributed by atoms with van der Waals surface area (Å²) in [7, 11) is 0. The summed E-state index contributed by atoms with van der Waals surface area (Å²) in [6.45, 7) is 2.10. The van der Waals surface area contributed by atoms with E-state index in [1.54, 1.807) is 24.3 Å². The average molecular weight is 274 g/mol. The van der Waals surface area contributed by atoms with Crippen molar-refractivity contribution >= 4 is 17.7 Å². The monoisotopic (exact) mass is 274 g/mol. The van der Waals surface area contributed by atoms with Crippen LogP contribution in [0, 0.1) is 0 Å². The Hall–Kier alpha value is -2.17. The fourth-order valence-electron chi connectivity index (χ4n) is 2.25. The molecule has 1 aliphatic rings. The maximum absolute atomic E-state index is 12.0. The van der Waals surface area contributed by atoms with E-state index in [0.717, 1.165) is 11.3 Å². The molecule has 1 saturated heterocycles. The van der Waals surface area contributed by atoms with Gasteiger partial charge in [-0.05, 0) is 6.42 Å². The highest BCUT2D eigenvalue weighted by Gasteiger charge is 2.37. The summed E-state index contributed by atoms with van der Waals surface area (Å²) in [5.41, 5.74) is 0.602. The van der Waals surface area contributed by atoms with Crippen molar-refractivity contribution in [2.75, 3.05) is 6.54 Å². The molecule has 0 aliphatic carbocycles. The lowest BCUT2D eigenvalue weighted by molar-refractivity contribution is -0.127. The molecule has 0 saturated carbocycles. The molecule has 0 radical (unpaired) electrons. The van der Waals surface area contributed by atoms with Crippen molar-refractivity contribution in [2.24, 2.45) is 0 Å². The number of nitrogens with zero attached hydrogens (tertiary/aromatic N) is 1. The first kappa shape index (κ1) is 14.2. The highest BCUT2D eigenvalue weighted by Crippen LogP contribution is 2.12. The number of amides is 3. The minimum absolute atomic E-state index is 0.0647. The number of benzene rings is 1. The van der Waals surface area contributed by atoms with Gasteiger partial charge in [0.25, 0.3) is 5.91 Å². The second-order valence-electron chi connectivity index (χ2n) is 4.82. The van der Waals surface area contributed by atoms with Gasteiger partial charge < -0.3 is 5.32 Å². The van der Waals surface area contributed by atoms with Crippen LogP contribution in [0.2, 0.25) is 0 Å². The van der Waals surface area contributed by atoms with Gasteiger partial charge >= 0.3 is 6.03 Å². The fraction of sp³-hybridized carbons (Fsp3) is 0.400. The number of carbonyl (C=O) groups excluding carboxylic acids is 3. The Morgan fingerprint density at radius 3 is 2.60 bits per heavy atom. The topological polar surface area (TPSA) is 66.5 Å². The zero-order chi connectivity index (χ0) is 14.5. The third-order valence-electron chi connectivity index (χ3n) is 3.34. The number of Topliss-reactive ketones (excluding diaryl/α,β-unsaturated/α-hetero) is 1. The van der Waals surface area contributed by atoms with Crippen LogP contribution < -0.4 is 5.32 Å². The van der Waals surface area contributed by atoms with Crippen molar-refractivity contribution < 1.29 is 14.4 Å². The van der Waals surface area contributed by atoms with Crippen molar-refractivity contribution in [1.82, 2.24) is 10.2 Å². The van der Waals surface area contributed by atoms with Crippen LogP contribution >= 0.6 is 0 Å². The second-order valence-corrected chi connectivity index (χ2v) is 4.82. The molecule has 5 heteroatoms. The van der Waals surface area contributed by atoms with Gasteiger partial charge in [0.1, 0.15) is 6.04 Å². The number of urea groups is 1. The van der Waals surface area contributed by atoms with E-state index < -0.39 is 12.1 Å². The summed E-state index contributed by atoms with van der Waals surface area (Å²) in [4.78, 5) is 36.8. The highest BCUT2D eigenvalue weighted by molar-refractivity contribution is 6.05. The molecule has 0 bridgehead atoms. The first-order valence-electron chi connectivity index (χ1n) is 6.83. The number of hydrogen-bond acceptors (Lipinski definition) is 3. The van der Waals surface area contributed by atoms with Gasteiger partial charge in [-0.1, -0.05) is 43.7 Å². The summed E-state index contributed by atoms with van der Waals surface area (Å²) >= 11 is 0. The molecule has 1 heterocycles. The van der Waals surface area contributed by atoms with E-state index in [1.165, 1.54) is 0 Å². The Balaban J connectivity index is 1.92. The number of imide groups is 1. The minimum Gasteiger partial charge on any atom is -0.326 e. The number of ketones is 1. The summed E-state index contributed by atoms with van der Waals surface area (Å²) in [5.74, 6) is -0.289. The third kappa shape index (κ3) is 3.04. The lowest BCUT2D eigenvalue weighted by Gasteiger charge is -2.12. The lowest BCUT2D eigenvalue weighted by atomic mass is 10.1. The third-order valence-corrected chi connectivity index (χ3v) is 3.34. The number of hydrogen-bond donors (Lipinski definition) is 1. The maximum atomic E-state index is 12.0. The number of rotatable bonds is 6. The molecule has 1 aromatic rings. The molecule has 1 atom stereocenters. The van der Waals surface area contributed by atoms with Crippen LogP contribution in [0.1, 0.15) is 36.5 Å². The largest absolute Gasteiger partial charge is 0.326 e. The van der Waals surface area contributed by atoms with Crippen molar-refractivity contribution in [3.05, 3.63) is 35.9 Å². The van der Waals surface area contributed by atoms with E-state index in [4.69, 9.17) is 0 Å². The molecule has 2 rings (SSSR count). The molecule has 1 aliphatic heterocycles. The molecule has 5 nitrogen and oxygen atoms in total. The highest BCUT2D eigenvalue weighted by atomic mass is 16.2. The van der Waals surface area contributed by atoms with Crippen LogP contribution in [0.4, 0.5) is 4.79 Å². The van der Waals surface area contributed by atoms with E-state index in [-0.39, 0.29) is 24.7 Å². The van der Waals surface area contributed by atoms with Crippen LogP contribution in [-0.2, 0) is 4.79 Å². The van der Waals surface area contributed by atoms with Crippen LogP contribution in [0.15, 0.2) is 30.3 Å². The molecule has 0 spiro atoms. The normalized spacial score (nSPS) is 18.2. The van der Waals surface area contributed by atoms with E-state index in [2.05, 4.69) is 5.32 Å². The van der Waals surface area contributed by atoms with Crippen molar-refractivity contribution in [1.29, 1.82) is 0 Å². The standard InChI is InChI=1S/C15H18N2O3/c1-2-6-12-14(19)17(15(20)16-12)10-9-13(18)11-7-4-3-5-8-11/h3-5,7-8,12H,2,6,9-10H2,1H3,(H,16,20). The molecular weight excluding hydrogens is 256 g/mol. The molecular formula is C15H18N2O3. The molecule has 20 heavy (non-hydrogen) atoms. The van der Waals surface area contributed by atoms with E-state index in [0.29, 0.717) is 12.0 Å². The predicted molar refractivity (Wildman–Crippen MR) is 74.3 cm³/mol. The zero-order valence-corrected chi connectivity index (χ0v) is 11.5. The van der Waals surface area contributed by atoms with Gasteiger partial charge in [0.05, 0.1) is 0 Å². The Kier molecular flexibility index (Phi) is 4.50. The zero-order valence-electron chi connectivity index (χ0n) is 11.5. The van der Waals surface area contributed by atoms with Crippen LogP contribution in [-0.4, -0.2) is 35.2 Å². The first-order valence-corrected chi connectivity index (χ1v) is 6.83. The van der Waals surface area contributed by atoms with Gasteiger partial charge in [0.15, 0.2) is 5.78 Å². The molecule has 1 fully saturated rings. The Morgan fingerprint density at radius 2 is 1.95 bits per heavy atom. The minimum atomic E-state index is -0.431. The fourth-order valence-corrected chi connectivity index (χ4v) is 2.25. The van der Waals surface area contributed by atoms with Gasteiger partial charge in [-0.3, -0.25) is 14.5 Å². The van der Waals surface area contributed by atoms with Crippen LogP contribution in [0.3, 0.4) is 0 Å². The smallest absolute Gasteiger partial charge is 0.324 e. The SMILES string of the molecule is CCCC1NC(=O)N(CCC(=O)c2ccccc2)C1=O. The van der Waals surface area contributed by atoms with Crippen molar-refractivity contribution in [3.8, 4) is 0 Å².